The fourth-order valence-corrected chi connectivity index (χ4v) is 1.89. The number of benzene rings is 1. The van der Waals surface area contributed by atoms with Gasteiger partial charge in [0.05, 0.1) is 26.4 Å². The molecular weight excluding hydrogens is 313 g/mol. The average Bonchev–Trinajstić information content (AvgIpc) is 2.92. The third-order valence-electron chi connectivity index (χ3n) is 2.75. The van der Waals surface area contributed by atoms with Crippen molar-refractivity contribution in [2.75, 3.05) is 26.4 Å². The largest absolute Gasteiger partial charge is 1.00 e. The van der Waals surface area contributed by atoms with Crippen molar-refractivity contribution in [3.8, 4) is 11.3 Å². The minimum atomic E-state index is 0. The maximum absolute atomic E-state index is 8.56. The second-order valence-electron chi connectivity index (χ2n) is 4.29. The van der Waals surface area contributed by atoms with E-state index in [2.05, 4.69) is 5.32 Å². The molecule has 2 N–H and O–H groups in total. The van der Waals surface area contributed by atoms with Crippen LogP contribution in [0, 0.1) is 0 Å². The van der Waals surface area contributed by atoms with Gasteiger partial charge >= 0.3 is 0 Å². The van der Waals surface area contributed by atoms with E-state index < -0.39 is 0 Å². The molecular formula is C15H18Cl2NO3-. The van der Waals surface area contributed by atoms with Crippen LogP contribution in [0.3, 0.4) is 0 Å². The van der Waals surface area contributed by atoms with Gasteiger partial charge in [-0.05, 0) is 36.4 Å². The van der Waals surface area contributed by atoms with Gasteiger partial charge in [-0.25, -0.2) is 0 Å². The molecule has 0 amide bonds. The maximum atomic E-state index is 8.56. The molecule has 0 atom stereocenters. The normalized spacial score (nSPS) is 10.4. The van der Waals surface area contributed by atoms with Crippen LogP contribution >= 0.6 is 11.6 Å². The summed E-state index contributed by atoms with van der Waals surface area (Å²) in [5.41, 5.74) is 1.01. The summed E-state index contributed by atoms with van der Waals surface area (Å²) in [6.07, 6.45) is 0. The van der Waals surface area contributed by atoms with Crippen LogP contribution in [0.4, 0.5) is 0 Å². The van der Waals surface area contributed by atoms with Crippen molar-refractivity contribution in [1.82, 2.24) is 5.32 Å². The van der Waals surface area contributed by atoms with E-state index in [9.17, 15) is 0 Å². The molecule has 6 heteroatoms. The van der Waals surface area contributed by atoms with E-state index >= 15 is 0 Å². The molecule has 0 aliphatic rings. The molecule has 0 unspecified atom stereocenters. The molecule has 0 radical (unpaired) electrons. The van der Waals surface area contributed by atoms with E-state index in [-0.39, 0.29) is 19.0 Å². The molecule has 1 aromatic carbocycles. The number of aliphatic hydroxyl groups is 1. The number of rotatable bonds is 8. The Morgan fingerprint density at radius 1 is 1.10 bits per heavy atom. The molecule has 1 aromatic heterocycles. The van der Waals surface area contributed by atoms with Crippen LogP contribution in [0.15, 0.2) is 40.8 Å². The molecule has 21 heavy (non-hydrogen) atoms. The van der Waals surface area contributed by atoms with Gasteiger partial charge in [-0.15, -0.1) is 0 Å². The molecule has 0 bridgehead atoms. The van der Waals surface area contributed by atoms with Crippen LogP contribution < -0.4 is 17.7 Å². The first-order valence-corrected chi connectivity index (χ1v) is 6.91. The summed E-state index contributed by atoms with van der Waals surface area (Å²) < 4.78 is 10.9. The fraction of sp³-hybridized carbons (Fsp3) is 0.333. The van der Waals surface area contributed by atoms with Crippen molar-refractivity contribution in [2.24, 2.45) is 0 Å². The zero-order valence-electron chi connectivity index (χ0n) is 11.5. The monoisotopic (exact) mass is 330 g/mol. The summed E-state index contributed by atoms with van der Waals surface area (Å²) in [5, 5.41) is 12.5. The third-order valence-corrected chi connectivity index (χ3v) is 3.00. The molecule has 116 valence electrons. The Labute approximate surface area is 135 Å². The number of nitrogens with one attached hydrogen (secondary N) is 1. The molecule has 0 aliphatic carbocycles. The number of hydrogen-bond donors (Lipinski definition) is 2. The van der Waals surface area contributed by atoms with E-state index in [1.807, 2.05) is 36.4 Å². The van der Waals surface area contributed by atoms with Gasteiger partial charge in [0.2, 0.25) is 0 Å². The summed E-state index contributed by atoms with van der Waals surface area (Å²) in [4.78, 5) is 0. The van der Waals surface area contributed by atoms with E-state index in [1.165, 1.54) is 0 Å². The molecule has 0 saturated carbocycles. The Morgan fingerprint density at radius 3 is 2.57 bits per heavy atom. The Morgan fingerprint density at radius 2 is 1.86 bits per heavy atom. The van der Waals surface area contributed by atoms with Gasteiger partial charge in [0.15, 0.2) is 0 Å². The summed E-state index contributed by atoms with van der Waals surface area (Å²) in [5.74, 6) is 1.70. The van der Waals surface area contributed by atoms with Crippen molar-refractivity contribution in [3.63, 3.8) is 0 Å². The number of aliphatic hydroxyl groups excluding tert-OH is 1. The molecule has 1 heterocycles. The quantitative estimate of drug-likeness (QED) is 0.653. The highest BCUT2D eigenvalue weighted by atomic mass is 35.5. The zero-order valence-corrected chi connectivity index (χ0v) is 13.0. The van der Waals surface area contributed by atoms with Crippen molar-refractivity contribution in [3.05, 3.63) is 47.2 Å². The maximum Gasteiger partial charge on any atom is 0.134 e. The minimum Gasteiger partial charge on any atom is -1.00 e. The fourth-order valence-electron chi connectivity index (χ4n) is 1.76. The summed E-state index contributed by atoms with van der Waals surface area (Å²) in [6, 6.07) is 11.4. The lowest BCUT2D eigenvalue weighted by atomic mass is 10.2. The van der Waals surface area contributed by atoms with Crippen molar-refractivity contribution in [1.29, 1.82) is 0 Å². The second kappa shape index (κ2) is 9.82. The van der Waals surface area contributed by atoms with Crippen molar-refractivity contribution >= 4 is 11.6 Å². The van der Waals surface area contributed by atoms with E-state index in [4.69, 9.17) is 25.9 Å². The van der Waals surface area contributed by atoms with Crippen LogP contribution in [0.2, 0.25) is 5.02 Å². The van der Waals surface area contributed by atoms with Crippen molar-refractivity contribution < 1.29 is 26.7 Å². The van der Waals surface area contributed by atoms with Crippen molar-refractivity contribution in [2.45, 2.75) is 6.54 Å². The van der Waals surface area contributed by atoms with Gasteiger partial charge in [-0.3, -0.25) is 0 Å². The van der Waals surface area contributed by atoms with Crippen LogP contribution in [-0.2, 0) is 11.3 Å². The number of halogens is 2. The standard InChI is InChI=1S/C15H18ClNO3.ClH/c16-13-3-1-12(2-4-13)15-6-5-14(20-15)11-17-7-9-19-10-8-18;/h1-6,17-18H,7-11H2;1H/p-1. The number of furan rings is 1. The summed E-state index contributed by atoms with van der Waals surface area (Å²) in [7, 11) is 0. The average molecular weight is 331 g/mol. The molecule has 4 nitrogen and oxygen atoms in total. The predicted octanol–water partition coefficient (Wildman–Crippen LogP) is -0.297. The van der Waals surface area contributed by atoms with E-state index in [0.717, 1.165) is 23.6 Å². The topological polar surface area (TPSA) is 54.6 Å². The first-order valence-electron chi connectivity index (χ1n) is 6.53. The van der Waals surface area contributed by atoms with Gasteiger partial charge in [-0.1, -0.05) is 11.6 Å². The zero-order chi connectivity index (χ0) is 14.2. The van der Waals surface area contributed by atoms with Crippen LogP contribution in [0.1, 0.15) is 5.76 Å². The highest BCUT2D eigenvalue weighted by Crippen LogP contribution is 2.23. The van der Waals surface area contributed by atoms with Gasteiger partial charge in [0.25, 0.3) is 0 Å². The molecule has 2 rings (SSSR count). The SMILES string of the molecule is OCCOCCNCc1ccc(-c2ccc(Cl)cc2)o1.[Cl-]. The smallest absolute Gasteiger partial charge is 0.134 e. The van der Waals surface area contributed by atoms with Crippen LogP contribution in [-0.4, -0.2) is 31.5 Å². The highest BCUT2D eigenvalue weighted by molar-refractivity contribution is 6.30. The van der Waals surface area contributed by atoms with Gasteiger partial charge in [0, 0.05) is 17.1 Å². The van der Waals surface area contributed by atoms with Gasteiger partial charge < -0.3 is 32.0 Å². The highest BCUT2D eigenvalue weighted by Gasteiger charge is 2.04. The summed E-state index contributed by atoms with van der Waals surface area (Å²) >= 11 is 5.86. The first kappa shape index (κ1) is 18.0. The molecule has 2 aromatic rings. The molecule has 0 spiro atoms. The minimum absolute atomic E-state index is 0. The predicted molar refractivity (Wildman–Crippen MR) is 78.8 cm³/mol. The molecule has 0 fully saturated rings. The second-order valence-corrected chi connectivity index (χ2v) is 4.72. The van der Waals surface area contributed by atoms with Crippen LogP contribution in [0.5, 0.6) is 0 Å². The van der Waals surface area contributed by atoms with E-state index in [0.29, 0.717) is 24.8 Å². The first-order chi connectivity index (χ1) is 9.79. The van der Waals surface area contributed by atoms with Crippen LogP contribution in [0.25, 0.3) is 11.3 Å². The van der Waals surface area contributed by atoms with Gasteiger partial charge in [-0.2, -0.15) is 0 Å². The Balaban J connectivity index is 0.00000220. The third kappa shape index (κ3) is 6.08. The van der Waals surface area contributed by atoms with E-state index in [1.54, 1.807) is 0 Å². The number of ether oxygens (including phenoxy) is 1. The molecule has 0 aliphatic heterocycles. The summed E-state index contributed by atoms with van der Waals surface area (Å²) in [6.45, 7) is 2.38. The Kier molecular flexibility index (Phi) is 8.42. The molecule has 0 saturated heterocycles. The Bertz CT molecular complexity index is 514. The lowest BCUT2D eigenvalue weighted by molar-refractivity contribution is -0.00000574. The number of hydrogen-bond acceptors (Lipinski definition) is 4. The Hall–Kier alpha value is -1.04. The van der Waals surface area contributed by atoms with Gasteiger partial charge in [0.1, 0.15) is 11.5 Å². The lowest BCUT2D eigenvalue weighted by Crippen LogP contribution is -3.00. The lowest BCUT2D eigenvalue weighted by Gasteiger charge is -2.03.